The Morgan fingerprint density at radius 1 is 1.03 bits per heavy atom. The van der Waals surface area contributed by atoms with Gasteiger partial charge >= 0.3 is 0 Å². The lowest BCUT2D eigenvalue weighted by atomic mass is 9.98. The van der Waals surface area contributed by atoms with Gasteiger partial charge in [-0.15, -0.1) is 0 Å². The molecule has 0 bridgehead atoms. The van der Waals surface area contributed by atoms with E-state index in [1.165, 1.54) is 11.1 Å². The van der Waals surface area contributed by atoms with E-state index in [0.29, 0.717) is 17.4 Å². The third kappa shape index (κ3) is 3.99. The highest BCUT2D eigenvalue weighted by Crippen LogP contribution is 2.28. The molecule has 1 N–H and O–H groups in total. The third-order valence-electron chi connectivity index (χ3n) is 5.48. The molecule has 0 spiro atoms. The minimum absolute atomic E-state index is 0.184. The van der Waals surface area contributed by atoms with Crippen molar-refractivity contribution in [2.75, 3.05) is 16.8 Å². The molecule has 1 aliphatic heterocycles. The molecule has 2 aromatic carbocycles. The summed E-state index contributed by atoms with van der Waals surface area (Å²) in [5, 5.41) is 3.06. The molecule has 0 atom stereocenters. The SMILES string of the molecule is Cc1cccc(C(C)C)c1NC(=O)c1cnc(N2CCc3ccccc3C2)nc1. The predicted molar refractivity (Wildman–Crippen MR) is 116 cm³/mol. The first-order valence-electron chi connectivity index (χ1n) is 10.1. The van der Waals surface area contributed by atoms with Crippen molar-refractivity contribution < 1.29 is 4.79 Å². The molecule has 5 nitrogen and oxygen atoms in total. The molecule has 0 saturated heterocycles. The van der Waals surface area contributed by atoms with Crippen molar-refractivity contribution in [3.8, 4) is 0 Å². The van der Waals surface area contributed by atoms with Gasteiger partial charge in [0.25, 0.3) is 5.91 Å². The number of benzene rings is 2. The fourth-order valence-electron chi connectivity index (χ4n) is 3.80. The number of aromatic nitrogens is 2. The summed E-state index contributed by atoms with van der Waals surface area (Å²) in [6.45, 7) is 7.93. The number of para-hydroxylation sites is 1. The number of hydrogen-bond donors (Lipinski definition) is 1. The van der Waals surface area contributed by atoms with E-state index in [4.69, 9.17) is 0 Å². The number of nitrogens with zero attached hydrogens (tertiary/aromatic N) is 3. The summed E-state index contributed by atoms with van der Waals surface area (Å²) in [4.78, 5) is 23.9. The quantitative estimate of drug-likeness (QED) is 0.705. The zero-order valence-corrected chi connectivity index (χ0v) is 17.1. The molecule has 0 aliphatic carbocycles. The van der Waals surface area contributed by atoms with Gasteiger partial charge in [0.2, 0.25) is 5.95 Å². The fourth-order valence-corrected chi connectivity index (χ4v) is 3.80. The third-order valence-corrected chi connectivity index (χ3v) is 5.48. The first-order valence-corrected chi connectivity index (χ1v) is 10.1. The van der Waals surface area contributed by atoms with Gasteiger partial charge in [0.15, 0.2) is 0 Å². The van der Waals surface area contributed by atoms with Crippen molar-refractivity contribution in [1.82, 2.24) is 9.97 Å². The molecule has 0 saturated carbocycles. The van der Waals surface area contributed by atoms with Crippen molar-refractivity contribution in [1.29, 1.82) is 0 Å². The second kappa shape index (κ2) is 8.03. The monoisotopic (exact) mass is 386 g/mol. The standard InChI is InChI=1S/C24H26N4O/c1-16(2)21-10-6-7-17(3)22(21)27-23(29)20-13-25-24(26-14-20)28-12-11-18-8-4-5-9-19(18)15-28/h4-10,13-14,16H,11-12,15H2,1-3H3,(H,27,29). The van der Waals surface area contributed by atoms with Gasteiger partial charge in [-0.05, 0) is 41.5 Å². The molecule has 148 valence electrons. The van der Waals surface area contributed by atoms with Crippen LogP contribution in [0, 0.1) is 6.92 Å². The molecule has 0 unspecified atom stereocenters. The smallest absolute Gasteiger partial charge is 0.258 e. The minimum atomic E-state index is -0.184. The number of carbonyl (C=O) groups is 1. The Labute approximate surface area is 171 Å². The zero-order chi connectivity index (χ0) is 20.4. The molecule has 5 heteroatoms. The van der Waals surface area contributed by atoms with Crippen LogP contribution >= 0.6 is 0 Å². The number of nitrogens with one attached hydrogen (secondary N) is 1. The average Bonchev–Trinajstić information content (AvgIpc) is 2.74. The number of aryl methyl sites for hydroxylation is 1. The van der Waals surface area contributed by atoms with Gasteiger partial charge in [-0.25, -0.2) is 9.97 Å². The van der Waals surface area contributed by atoms with E-state index in [9.17, 15) is 4.79 Å². The lowest BCUT2D eigenvalue weighted by Gasteiger charge is -2.28. The minimum Gasteiger partial charge on any atom is -0.336 e. The van der Waals surface area contributed by atoms with Gasteiger partial charge in [0, 0.05) is 31.2 Å². The number of anilines is 2. The molecule has 0 radical (unpaired) electrons. The lowest BCUT2D eigenvalue weighted by molar-refractivity contribution is 0.102. The van der Waals surface area contributed by atoms with E-state index in [1.54, 1.807) is 12.4 Å². The van der Waals surface area contributed by atoms with Crippen molar-refractivity contribution in [2.45, 2.75) is 39.7 Å². The van der Waals surface area contributed by atoms with E-state index < -0.39 is 0 Å². The molecular weight excluding hydrogens is 360 g/mol. The highest BCUT2D eigenvalue weighted by atomic mass is 16.1. The summed E-state index contributed by atoms with van der Waals surface area (Å²) in [6, 6.07) is 14.6. The topological polar surface area (TPSA) is 58.1 Å². The van der Waals surface area contributed by atoms with E-state index in [0.717, 1.165) is 36.3 Å². The summed E-state index contributed by atoms with van der Waals surface area (Å²) in [7, 11) is 0. The van der Waals surface area contributed by atoms with Gasteiger partial charge in [-0.2, -0.15) is 0 Å². The Bertz CT molecular complexity index is 1030. The summed E-state index contributed by atoms with van der Waals surface area (Å²) in [5.41, 5.74) is 6.22. The van der Waals surface area contributed by atoms with Crippen LogP contribution in [-0.4, -0.2) is 22.4 Å². The fraction of sp³-hybridized carbons (Fsp3) is 0.292. The van der Waals surface area contributed by atoms with Crippen molar-refractivity contribution in [3.63, 3.8) is 0 Å². The maximum absolute atomic E-state index is 12.8. The predicted octanol–water partition coefficient (Wildman–Crippen LogP) is 4.72. The van der Waals surface area contributed by atoms with Crippen molar-refractivity contribution >= 4 is 17.5 Å². The Morgan fingerprint density at radius 2 is 1.76 bits per heavy atom. The van der Waals surface area contributed by atoms with Crippen molar-refractivity contribution in [3.05, 3.63) is 82.7 Å². The van der Waals surface area contributed by atoms with E-state index in [2.05, 4.69) is 64.4 Å². The molecule has 1 aromatic heterocycles. The Hall–Kier alpha value is -3.21. The first-order chi connectivity index (χ1) is 14.0. The molecule has 29 heavy (non-hydrogen) atoms. The van der Waals surface area contributed by atoms with Crippen LogP contribution < -0.4 is 10.2 Å². The number of fused-ring (bicyclic) bond motifs is 1. The second-order valence-electron chi connectivity index (χ2n) is 7.86. The number of carbonyl (C=O) groups excluding carboxylic acids is 1. The van der Waals surface area contributed by atoms with E-state index >= 15 is 0 Å². The summed E-state index contributed by atoms with van der Waals surface area (Å²) >= 11 is 0. The Kier molecular flexibility index (Phi) is 5.30. The first kappa shape index (κ1) is 19.1. The maximum Gasteiger partial charge on any atom is 0.258 e. The van der Waals surface area contributed by atoms with Gasteiger partial charge in [-0.1, -0.05) is 56.3 Å². The summed E-state index contributed by atoms with van der Waals surface area (Å²) < 4.78 is 0. The molecule has 4 rings (SSSR count). The lowest BCUT2D eigenvalue weighted by Crippen LogP contribution is -2.31. The van der Waals surface area contributed by atoms with Crippen LogP contribution in [0.3, 0.4) is 0 Å². The molecule has 0 fully saturated rings. The van der Waals surface area contributed by atoms with E-state index in [-0.39, 0.29) is 5.91 Å². The Balaban J connectivity index is 1.50. The molecular formula is C24H26N4O. The van der Waals surface area contributed by atoms with Crippen LogP contribution in [0.2, 0.25) is 0 Å². The van der Waals surface area contributed by atoms with Crippen LogP contribution in [-0.2, 0) is 13.0 Å². The molecule has 1 aliphatic rings. The van der Waals surface area contributed by atoms with Crippen LogP contribution in [0.5, 0.6) is 0 Å². The van der Waals surface area contributed by atoms with Crippen molar-refractivity contribution in [2.24, 2.45) is 0 Å². The van der Waals surface area contributed by atoms with Gasteiger partial charge in [0.1, 0.15) is 0 Å². The van der Waals surface area contributed by atoms with Crippen LogP contribution in [0.25, 0.3) is 0 Å². The molecule has 3 aromatic rings. The summed E-state index contributed by atoms with van der Waals surface area (Å²) in [6.07, 6.45) is 4.21. The zero-order valence-electron chi connectivity index (χ0n) is 17.1. The second-order valence-corrected chi connectivity index (χ2v) is 7.86. The number of hydrogen-bond acceptors (Lipinski definition) is 4. The number of rotatable bonds is 4. The van der Waals surface area contributed by atoms with Crippen LogP contribution in [0.1, 0.15) is 52.4 Å². The summed E-state index contributed by atoms with van der Waals surface area (Å²) in [5.74, 6) is 0.803. The van der Waals surface area contributed by atoms with Gasteiger partial charge in [0.05, 0.1) is 5.56 Å². The largest absolute Gasteiger partial charge is 0.336 e. The van der Waals surface area contributed by atoms with Crippen LogP contribution in [0.4, 0.5) is 11.6 Å². The average molecular weight is 386 g/mol. The highest BCUT2D eigenvalue weighted by Gasteiger charge is 2.19. The maximum atomic E-state index is 12.8. The highest BCUT2D eigenvalue weighted by molar-refractivity contribution is 6.04. The normalized spacial score (nSPS) is 13.3. The molecule has 2 heterocycles. The van der Waals surface area contributed by atoms with E-state index in [1.807, 2.05) is 19.1 Å². The van der Waals surface area contributed by atoms with Gasteiger partial charge < -0.3 is 10.2 Å². The van der Waals surface area contributed by atoms with Crippen LogP contribution in [0.15, 0.2) is 54.9 Å². The van der Waals surface area contributed by atoms with Gasteiger partial charge in [-0.3, -0.25) is 4.79 Å². The number of amides is 1. The molecule has 1 amide bonds. The Morgan fingerprint density at radius 3 is 2.48 bits per heavy atom.